The van der Waals surface area contributed by atoms with Crippen molar-refractivity contribution in [3.63, 3.8) is 0 Å². The molecule has 1 amide bonds. The predicted octanol–water partition coefficient (Wildman–Crippen LogP) is 3.55. The van der Waals surface area contributed by atoms with Gasteiger partial charge in [0.2, 0.25) is 0 Å². The second-order valence-electron chi connectivity index (χ2n) is 4.37. The molecular weight excluding hydrogens is 295 g/mol. The average Bonchev–Trinajstić information content (AvgIpc) is 2.42. The quantitative estimate of drug-likeness (QED) is 0.849. The summed E-state index contributed by atoms with van der Waals surface area (Å²) in [5.41, 5.74) is 7.64. The van der Waals surface area contributed by atoms with Crippen LogP contribution in [0.1, 0.15) is 15.9 Å². The minimum absolute atomic E-state index is 0.172. The van der Waals surface area contributed by atoms with Gasteiger partial charge < -0.3 is 11.1 Å². The van der Waals surface area contributed by atoms with E-state index in [0.717, 1.165) is 12.0 Å². The van der Waals surface area contributed by atoms with Gasteiger partial charge in [-0.05, 0) is 42.3 Å². The van der Waals surface area contributed by atoms with Crippen molar-refractivity contribution in [1.82, 2.24) is 5.32 Å². The average molecular weight is 309 g/mol. The normalized spacial score (nSPS) is 10.3. The van der Waals surface area contributed by atoms with Crippen LogP contribution in [-0.2, 0) is 6.42 Å². The Labute approximate surface area is 127 Å². The molecule has 0 atom stereocenters. The zero-order valence-electron chi connectivity index (χ0n) is 10.7. The molecule has 0 aliphatic rings. The highest BCUT2D eigenvalue weighted by atomic mass is 35.5. The van der Waals surface area contributed by atoms with Gasteiger partial charge in [-0.1, -0.05) is 35.3 Å². The number of anilines is 1. The highest BCUT2D eigenvalue weighted by molar-refractivity contribution is 6.33. The van der Waals surface area contributed by atoms with Gasteiger partial charge in [0.15, 0.2) is 0 Å². The maximum Gasteiger partial charge on any atom is 0.251 e. The van der Waals surface area contributed by atoms with Gasteiger partial charge in [-0.2, -0.15) is 0 Å². The molecule has 3 nitrogen and oxygen atoms in total. The van der Waals surface area contributed by atoms with E-state index in [4.69, 9.17) is 28.9 Å². The van der Waals surface area contributed by atoms with Crippen molar-refractivity contribution in [3.8, 4) is 0 Å². The molecule has 0 heterocycles. The molecule has 3 N–H and O–H groups in total. The molecule has 0 aliphatic carbocycles. The van der Waals surface area contributed by atoms with Crippen molar-refractivity contribution in [2.75, 3.05) is 12.3 Å². The summed E-state index contributed by atoms with van der Waals surface area (Å²) in [6.45, 7) is 0.529. The topological polar surface area (TPSA) is 55.1 Å². The van der Waals surface area contributed by atoms with E-state index in [2.05, 4.69) is 5.32 Å². The van der Waals surface area contributed by atoms with E-state index in [1.165, 1.54) is 0 Å². The standard InChI is InChI=1S/C15H14Cl2N2O/c16-12-3-1-2-10(8-12)6-7-19-15(20)11-4-5-14(18)13(17)9-11/h1-5,8-9H,6-7,18H2,(H,19,20). The molecule has 0 bridgehead atoms. The Hall–Kier alpha value is -1.71. The number of carbonyl (C=O) groups is 1. The number of nitrogen functional groups attached to an aromatic ring is 1. The molecule has 0 unspecified atom stereocenters. The Bertz CT molecular complexity index is 629. The molecule has 5 heteroatoms. The van der Waals surface area contributed by atoms with Gasteiger partial charge in [0.25, 0.3) is 5.91 Å². The van der Waals surface area contributed by atoms with Crippen LogP contribution in [0.25, 0.3) is 0 Å². The highest BCUT2D eigenvalue weighted by Crippen LogP contribution is 2.19. The second kappa shape index (κ2) is 6.64. The Morgan fingerprint density at radius 3 is 2.65 bits per heavy atom. The number of benzene rings is 2. The smallest absolute Gasteiger partial charge is 0.251 e. The first-order valence-electron chi connectivity index (χ1n) is 6.14. The summed E-state index contributed by atoms with van der Waals surface area (Å²) in [5, 5.41) is 3.91. The number of hydrogen-bond acceptors (Lipinski definition) is 2. The fourth-order valence-corrected chi connectivity index (χ4v) is 2.18. The molecule has 0 radical (unpaired) electrons. The van der Waals surface area contributed by atoms with E-state index < -0.39 is 0 Å². The van der Waals surface area contributed by atoms with E-state index in [0.29, 0.717) is 27.8 Å². The van der Waals surface area contributed by atoms with Crippen LogP contribution in [-0.4, -0.2) is 12.5 Å². The van der Waals surface area contributed by atoms with Crippen molar-refractivity contribution >= 4 is 34.8 Å². The Balaban J connectivity index is 1.90. The number of amides is 1. The number of halogens is 2. The first-order chi connectivity index (χ1) is 9.56. The molecule has 0 aliphatic heterocycles. The Morgan fingerprint density at radius 2 is 1.95 bits per heavy atom. The summed E-state index contributed by atoms with van der Waals surface area (Å²) >= 11 is 11.8. The van der Waals surface area contributed by atoms with Gasteiger partial charge in [0.05, 0.1) is 10.7 Å². The lowest BCUT2D eigenvalue weighted by molar-refractivity contribution is 0.0954. The van der Waals surface area contributed by atoms with Crippen molar-refractivity contribution < 1.29 is 4.79 Å². The first-order valence-corrected chi connectivity index (χ1v) is 6.89. The molecule has 0 saturated heterocycles. The molecule has 0 aromatic heterocycles. The SMILES string of the molecule is Nc1ccc(C(=O)NCCc2cccc(Cl)c2)cc1Cl. The predicted molar refractivity (Wildman–Crippen MR) is 83.4 cm³/mol. The number of nitrogens with one attached hydrogen (secondary N) is 1. The van der Waals surface area contributed by atoms with Gasteiger partial charge in [-0.3, -0.25) is 4.79 Å². The lowest BCUT2D eigenvalue weighted by Crippen LogP contribution is -2.25. The van der Waals surface area contributed by atoms with Gasteiger partial charge in [0.1, 0.15) is 0 Å². The molecule has 2 aromatic rings. The minimum atomic E-state index is -0.172. The van der Waals surface area contributed by atoms with Crippen LogP contribution in [0.2, 0.25) is 10.0 Å². The fourth-order valence-electron chi connectivity index (χ4n) is 1.78. The van der Waals surface area contributed by atoms with E-state index in [-0.39, 0.29) is 5.91 Å². The second-order valence-corrected chi connectivity index (χ2v) is 5.22. The van der Waals surface area contributed by atoms with Gasteiger partial charge in [-0.15, -0.1) is 0 Å². The largest absolute Gasteiger partial charge is 0.398 e. The Morgan fingerprint density at radius 1 is 1.15 bits per heavy atom. The Kier molecular flexibility index (Phi) is 4.88. The molecule has 2 rings (SSSR count). The first kappa shape index (κ1) is 14.7. The highest BCUT2D eigenvalue weighted by Gasteiger charge is 2.07. The minimum Gasteiger partial charge on any atom is -0.398 e. The van der Waals surface area contributed by atoms with Gasteiger partial charge in [0, 0.05) is 17.1 Å². The molecule has 0 saturated carbocycles. The zero-order valence-corrected chi connectivity index (χ0v) is 12.2. The molecular formula is C15H14Cl2N2O. The van der Waals surface area contributed by atoms with Crippen molar-refractivity contribution in [2.24, 2.45) is 0 Å². The summed E-state index contributed by atoms with van der Waals surface area (Å²) in [4.78, 5) is 11.9. The third kappa shape index (κ3) is 3.89. The van der Waals surface area contributed by atoms with E-state index in [1.54, 1.807) is 18.2 Å². The summed E-state index contributed by atoms with van der Waals surface area (Å²) in [7, 11) is 0. The summed E-state index contributed by atoms with van der Waals surface area (Å²) in [5.74, 6) is -0.172. The summed E-state index contributed by atoms with van der Waals surface area (Å²) < 4.78 is 0. The van der Waals surface area contributed by atoms with Crippen LogP contribution in [0.4, 0.5) is 5.69 Å². The van der Waals surface area contributed by atoms with E-state index in [1.807, 2.05) is 24.3 Å². The fraction of sp³-hybridized carbons (Fsp3) is 0.133. The number of carbonyl (C=O) groups excluding carboxylic acids is 1. The van der Waals surface area contributed by atoms with Crippen LogP contribution in [0.5, 0.6) is 0 Å². The third-order valence-corrected chi connectivity index (χ3v) is 3.41. The van der Waals surface area contributed by atoms with Crippen LogP contribution in [0, 0.1) is 0 Å². The van der Waals surface area contributed by atoms with E-state index in [9.17, 15) is 4.79 Å². The number of nitrogens with two attached hydrogens (primary N) is 1. The molecule has 104 valence electrons. The maximum atomic E-state index is 11.9. The van der Waals surface area contributed by atoms with Crippen molar-refractivity contribution in [2.45, 2.75) is 6.42 Å². The van der Waals surface area contributed by atoms with Crippen LogP contribution in [0.3, 0.4) is 0 Å². The lowest BCUT2D eigenvalue weighted by Gasteiger charge is -2.07. The van der Waals surface area contributed by atoms with Crippen LogP contribution < -0.4 is 11.1 Å². The third-order valence-electron chi connectivity index (χ3n) is 2.85. The van der Waals surface area contributed by atoms with Crippen LogP contribution in [0.15, 0.2) is 42.5 Å². The zero-order chi connectivity index (χ0) is 14.5. The van der Waals surface area contributed by atoms with E-state index >= 15 is 0 Å². The molecule has 0 spiro atoms. The maximum absolute atomic E-state index is 11.9. The molecule has 20 heavy (non-hydrogen) atoms. The molecule has 0 fully saturated rings. The number of rotatable bonds is 4. The van der Waals surface area contributed by atoms with Crippen LogP contribution >= 0.6 is 23.2 Å². The van der Waals surface area contributed by atoms with Crippen molar-refractivity contribution in [3.05, 3.63) is 63.6 Å². The summed E-state index contributed by atoms with van der Waals surface area (Å²) in [6.07, 6.45) is 0.717. The van der Waals surface area contributed by atoms with Gasteiger partial charge >= 0.3 is 0 Å². The molecule has 2 aromatic carbocycles. The summed E-state index contributed by atoms with van der Waals surface area (Å²) in [6, 6.07) is 12.4. The lowest BCUT2D eigenvalue weighted by atomic mass is 10.1. The number of hydrogen-bond donors (Lipinski definition) is 2. The van der Waals surface area contributed by atoms with Gasteiger partial charge in [-0.25, -0.2) is 0 Å². The van der Waals surface area contributed by atoms with Crippen molar-refractivity contribution in [1.29, 1.82) is 0 Å². The monoisotopic (exact) mass is 308 g/mol.